The zero-order valence-corrected chi connectivity index (χ0v) is 91.0. The van der Waals surface area contributed by atoms with Gasteiger partial charge in [0, 0.05) is 140 Å². The fraction of sp³-hybridized carbons (Fsp3) is 0.357. The lowest BCUT2D eigenvalue weighted by Gasteiger charge is -2.06. The molecular weight excluding hydrogens is 1660 g/mol. The van der Waals surface area contributed by atoms with Crippen LogP contribution < -0.4 is 0 Å². The van der Waals surface area contributed by atoms with Crippen LogP contribution in [0.1, 0.15) is 267 Å². The van der Waals surface area contributed by atoms with E-state index in [4.69, 9.17) is 0 Å². The molecule has 12 aromatic heterocycles. The summed E-state index contributed by atoms with van der Waals surface area (Å²) in [6.45, 7) is 81.8. The van der Waals surface area contributed by atoms with E-state index in [0.29, 0.717) is 0 Å². The van der Waals surface area contributed by atoms with Crippen LogP contribution in [0.5, 0.6) is 0 Å². The second kappa shape index (κ2) is 115. The average molecular weight is 1840 g/mol. The molecule has 736 valence electrons. The Morgan fingerprint density at radius 2 is 0.600 bits per heavy atom. The van der Waals surface area contributed by atoms with Crippen LogP contribution in [0.25, 0.3) is 43.2 Å². The Labute approximate surface area is 820 Å². The summed E-state index contributed by atoms with van der Waals surface area (Å²) in [5.41, 5.74) is 14.7. The number of rotatable bonds is 0. The molecule has 17 aromatic rings. The van der Waals surface area contributed by atoms with Gasteiger partial charge in [0.2, 0.25) is 0 Å². The van der Waals surface area contributed by atoms with Gasteiger partial charge in [-0.15, -0.1) is 0 Å². The van der Waals surface area contributed by atoms with Crippen molar-refractivity contribution in [2.45, 2.75) is 284 Å². The van der Waals surface area contributed by atoms with Crippen LogP contribution in [0, 0.1) is 90.0 Å². The molecule has 0 aliphatic rings. The van der Waals surface area contributed by atoms with Crippen LogP contribution in [-0.4, -0.2) is 100 Å². The van der Waals surface area contributed by atoms with Gasteiger partial charge < -0.3 is 0 Å². The van der Waals surface area contributed by atoms with Gasteiger partial charge in [0.1, 0.15) is 31.1 Å². The zero-order valence-electron chi connectivity index (χ0n) is 91.0. The Kier molecular flexibility index (Phi) is 120. The van der Waals surface area contributed by atoms with Gasteiger partial charge in [-0.2, -0.15) is 20.4 Å². The molecule has 0 aliphatic heterocycles. The van der Waals surface area contributed by atoms with E-state index in [0.717, 1.165) is 50.9 Å². The molecule has 0 aliphatic carbocycles. The van der Waals surface area contributed by atoms with Gasteiger partial charge in [-0.3, -0.25) is 44.9 Å². The fourth-order valence-corrected chi connectivity index (χ4v) is 8.45. The number of aryl methyl sites for hydroxylation is 13. The minimum absolute atomic E-state index is 0.759. The van der Waals surface area contributed by atoms with Crippen LogP contribution >= 0.6 is 0 Å². The molecule has 0 radical (unpaired) electrons. The van der Waals surface area contributed by atoms with E-state index in [2.05, 4.69) is 218 Å². The Bertz CT molecular complexity index is 4370. The molecule has 0 atom stereocenters. The Balaban J connectivity index is -0.000000154. The SMILES string of the molecule is CC.CC.CC.CC.CC.CC.CC.CC.CC.CC.CC.CC.CC.CC.Cc1cc2ccccc2c2ccccc12.Cc1ccc2cccnc2c1.Cc1ccc2ccncc2c1.Cc1ccccn1.Cc1cccnc1.Cc1cccnn1.Cc1ccncc1.Cc1ccncn1.Cc1ccnnc1.Cc1cnccn1.Cc1cnccn1.Cc1cncnc1.Cc1ncncn1. The molecule has 0 fully saturated rings. The molecule has 20 heteroatoms. The third kappa shape index (κ3) is 85.6. The highest BCUT2D eigenvalue weighted by molar-refractivity contribution is 6.08. The third-order valence-corrected chi connectivity index (χ3v) is 13.9. The molecule has 0 N–H and O–H groups in total. The first-order valence-electron chi connectivity index (χ1n) is 48.1. The first-order chi connectivity index (χ1) is 66.0. The van der Waals surface area contributed by atoms with Crippen molar-refractivity contribution in [3.8, 4) is 0 Å². The van der Waals surface area contributed by atoms with Crippen molar-refractivity contribution >= 4 is 43.2 Å². The first-order valence-corrected chi connectivity index (χ1v) is 48.1. The summed E-state index contributed by atoms with van der Waals surface area (Å²) in [4.78, 5) is 61.8. The summed E-state index contributed by atoms with van der Waals surface area (Å²) in [6.07, 6.45) is 40.9. The molecule has 5 aromatic carbocycles. The molecule has 0 saturated heterocycles. The van der Waals surface area contributed by atoms with Crippen molar-refractivity contribution in [2.75, 3.05) is 0 Å². The maximum Gasteiger partial charge on any atom is 0.128 e. The van der Waals surface area contributed by atoms with E-state index in [9.17, 15) is 0 Å². The molecule has 0 spiro atoms. The number of aromatic nitrogens is 20. The average Bonchev–Trinajstić information content (AvgIpc) is 0.781. The second-order valence-corrected chi connectivity index (χ2v) is 23.3. The number of nitrogens with zero attached hydrogens (tertiary/aromatic N) is 20. The minimum Gasteiger partial charge on any atom is -0.265 e. The smallest absolute Gasteiger partial charge is 0.128 e. The molecule has 17 rings (SSSR count). The highest BCUT2D eigenvalue weighted by atomic mass is 15.1. The molecule has 0 saturated carbocycles. The summed E-state index contributed by atoms with van der Waals surface area (Å²) in [6, 6.07) is 59.4. The van der Waals surface area contributed by atoms with Gasteiger partial charge in [-0.1, -0.05) is 296 Å². The van der Waals surface area contributed by atoms with Crippen molar-refractivity contribution in [3.63, 3.8) is 0 Å². The molecule has 20 nitrogen and oxygen atoms in total. The van der Waals surface area contributed by atoms with Crippen LogP contribution in [0.2, 0.25) is 0 Å². The van der Waals surface area contributed by atoms with Crippen molar-refractivity contribution in [1.29, 1.82) is 0 Å². The summed E-state index contributed by atoms with van der Waals surface area (Å²) in [5.74, 6) is 0.759. The second-order valence-electron chi connectivity index (χ2n) is 23.3. The summed E-state index contributed by atoms with van der Waals surface area (Å²) in [5, 5.41) is 23.7. The number of pyridine rings is 5. The van der Waals surface area contributed by atoms with E-state index < -0.39 is 0 Å². The molecule has 0 amide bonds. The maximum atomic E-state index is 4.24. The number of benzene rings is 5. The number of hydrogen-bond acceptors (Lipinski definition) is 20. The zero-order chi connectivity index (χ0) is 105. The fourth-order valence-electron chi connectivity index (χ4n) is 8.45. The van der Waals surface area contributed by atoms with Crippen molar-refractivity contribution < 1.29 is 0 Å². The van der Waals surface area contributed by atoms with Crippen LogP contribution in [-0.2, 0) is 0 Å². The van der Waals surface area contributed by atoms with Crippen LogP contribution in [0.15, 0.2) is 325 Å². The van der Waals surface area contributed by atoms with Crippen molar-refractivity contribution in [1.82, 2.24) is 100 Å². The predicted octanol–water partition coefficient (Wildman–Crippen LogP) is 32.8. The topological polar surface area (TPSA) is 258 Å². The van der Waals surface area contributed by atoms with Crippen molar-refractivity contribution in [2.24, 2.45) is 0 Å². The van der Waals surface area contributed by atoms with Crippen LogP contribution in [0.3, 0.4) is 0 Å². The van der Waals surface area contributed by atoms with E-state index >= 15 is 0 Å². The Morgan fingerprint density at radius 3 is 0.963 bits per heavy atom. The van der Waals surface area contributed by atoms with Gasteiger partial charge in [-0.25, -0.2) is 34.9 Å². The van der Waals surface area contributed by atoms with E-state index in [1.165, 1.54) is 90.8 Å². The van der Waals surface area contributed by atoms with Crippen LogP contribution in [0.4, 0.5) is 0 Å². The van der Waals surface area contributed by atoms with Gasteiger partial charge in [0.15, 0.2) is 0 Å². The molecule has 12 heterocycles. The largest absolute Gasteiger partial charge is 0.265 e. The third-order valence-electron chi connectivity index (χ3n) is 13.9. The number of hydrogen-bond donors (Lipinski definition) is 0. The Morgan fingerprint density at radius 1 is 0.170 bits per heavy atom. The molecule has 0 bridgehead atoms. The summed E-state index contributed by atoms with van der Waals surface area (Å²) >= 11 is 0. The normalized spacial score (nSPS) is 8.04. The highest BCUT2D eigenvalue weighted by Gasteiger charge is 2.02. The van der Waals surface area contributed by atoms with Gasteiger partial charge in [0.25, 0.3) is 0 Å². The monoisotopic (exact) mass is 1840 g/mol. The van der Waals surface area contributed by atoms with Gasteiger partial charge in [0.05, 0.1) is 28.8 Å². The number of fused-ring (bicyclic) bond motifs is 5. The van der Waals surface area contributed by atoms with Gasteiger partial charge >= 0.3 is 0 Å². The van der Waals surface area contributed by atoms with E-state index in [1.807, 2.05) is 367 Å². The maximum absolute atomic E-state index is 4.24. The molecular formula is C115H176N20. The van der Waals surface area contributed by atoms with E-state index in [-0.39, 0.29) is 0 Å². The highest BCUT2D eigenvalue weighted by Crippen LogP contribution is 2.28. The lowest BCUT2D eigenvalue weighted by molar-refractivity contribution is 0.974. The summed E-state index contributed by atoms with van der Waals surface area (Å²) < 4.78 is 0. The van der Waals surface area contributed by atoms with Crippen molar-refractivity contribution in [3.05, 3.63) is 398 Å². The lowest BCUT2D eigenvalue weighted by atomic mass is 9.98. The summed E-state index contributed by atoms with van der Waals surface area (Å²) in [7, 11) is 0. The van der Waals surface area contributed by atoms with Gasteiger partial charge in [-0.05, 0) is 229 Å². The molecule has 135 heavy (non-hydrogen) atoms. The lowest BCUT2D eigenvalue weighted by Crippen LogP contribution is -1.84. The molecule has 0 unspecified atom stereocenters. The Hall–Kier alpha value is -13.6. The minimum atomic E-state index is 0.759. The predicted molar refractivity (Wildman–Crippen MR) is 590 cm³/mol. The first kappa shape index (κ1) is 142. The quantitative estimate of drug-likeness (QED) is 0.128. The standard InChI is InChI=1S/C15H12.2C10H9N.3C6H7N.6C5H6N2.C4H5N3.14C2H6/c1-11-10-12-6-2-3-8-14(12)15-9-5-4-7-13(11)15;1-8-2-3-9-4-5-11-7-10(9)6-8;1-8-4-5-9-3-2-6-11-10(9)7-8;1-6-2-4-7-5-3-6;1-6-3-2-4-7-5-6;1-6-4-2-3-5-7-6;1-5-2-6-4-7-3-5;2*1-5-4-6-2-3-7-5;1-5-2-3-6-4-7-5;1-5-2-3-6-7-4-5;1-5-3-2-4-6-7-5;1-4-6-2-5-3-7-4;14*1-2/h2-10H,1H3;2*2-7H,1H3;3*2-5H,1H3;6*2-4H,1H3;2-3H,1H3;14*1-2H3. The van der Waals surface area contributed by atoms with E-state index in [1.54, 1.807) is 99.1 Å².